The molecule has 0 aliphatic heterocycles. The highest BCUT2D eigenvalue weighted by Crippen LogP contribution is 1.88. The minimum absolute atomic E-state index is 0.819. The number of unbranched alkanes of at least 4 members (excludes halogenated alkanes) is 2. The van der Waals surface area contributed by atoms with Crippen LogP contribution in [0.2, 0.25) is 0 Å². The maximum atomic E-state index is 4.69. The molecule has 2 heteroatoms. The highest BCUT2D eigenvalue weighted by molar-refractivity contribution is 4.92. The second kappa shape index (κ2) is 57.2. The third-order valence-corrected chi connectivity index (χ3v) is 2.23. The van der Waals surface area contributed by atoms with Gasteiger partial charge in [0.2, 0.25) is 0 Å². The van der Waals surface area contributed by atoms with Crippen LogP contribution in [0.4, 0.5) is 0 Å². The van der Waals surface area contributed by atoms with Crippen LogP contribution in [0, 0.1) is 11.8 Å². The molecule has 0 atom stereocenters. The van der Waals surface area contributed by atoms with Crippen LogP contribution >= 0.6 is 0 Å². The molecule has 0 fully saturated rings. The number of allylic oxidation sites excluding steroid dienone is 2. The zero-order valence-electron chi connectivity index (χ0n) is 18.6. The second-order valence-electron chi connectivity index (χ2n) is 4.68. The summed E-state index contributed by atoms with van der Waals surface area (Å²) < 4.78 is 9.23. The van der Waals surface area contributed by atoms with Crippen molar-refractivity contribution in [2.45, 2.75) is 93.9 Å². The summed E-state index contributed by atoms with van der Waals surface area (Å²) in [4.78, 5) is 0. The van der Waals surface area contributed by atoms with Gasteiger partial charge in [-0.05, 0) is 33.6 Å². The molecule has 0 amide bonds. The van der Waals surface area contributed by atoms with Crippen LogP contribution in [-0.2, 0) is 9.47 Å². The van der Waals surface area contributed by atoms with Crippen LogP contribution in [0.1, 0.15) is 93.9 Å². The van der Waals surface area contributed by atoms with Crippen molar-refractivity contribution in [2.24, 2.45) is 0 Å². The van der Waals surface area contributed by atoms with Gasteiger partial charge in [0.25, 0.3) is 0 Å². The molecule has 0 aliphatic rings. The predicted octanol–water partition coefficient (Wildman–Crippen LogP) is 7.28. The van der Waals surface area contributed by atoms with Crippen molar-refractivity contribution in [1.29, 1.82) is 0 Å². The Hall–Kier alpha value is -0.780. The van der Waals surface area contributed by atoms with E-state index in [1.165, 1.54) is 19.3 Å². The molecule has 0 radical (unpaired) electrons. The number of hydrogen-bond acceptors (Lipinski definition) is 2. The average Bonchev–Trinajstić information content (AvgIpc) is 2.60. The van der Waals surface area contributed by atoms with E-state index in [0.29, 0.717) is 0 Å². The van der Waals surface area contributed by atoms with Crippen LogP contribution in [0.25, 0.3) is 0 Å². The summed E-state index contributed by atoms with van der Waals surface area (Å²) >= 11 is 0. The molecule has 0 rings (SSSR count). The lowest BCUT2D eigenvalue weighted by atomic mass is 10.3. The van der Waals surface area contributed by atoms with Gasteiger partial charge < -0.3 is 9.47 Å². The van der Waals surface area contributed by atoms with Crippen molar-refractivity contribution >= 4 is 0 Å². The smallest absolute Gasteiger partial charge is 0.0459 e. The Morgan fingerprint density at radius 3 is 1.33 bits per heavy atom. The van der Waals surface area contributed by atoms with Gasteiger partial charge in [-0.3, -0.25) is 0 Å². The van der Waals surface area contributed by atoms with E-state index in [1.807, 2.05) is 27.7 Å². The van der Waals surface area contributed by atoms with Crippen molar-refractivity contribution in [2.75, 3.05) is 27.4 Å². The van der Waals surface area contributed by atoms with E-state index in [0.717, 1.165) is 32.5 Å². The number of hydrogen-bond donors (Lipinski definition) is 0. The van der Waals surface area contributed by atoms with Crippen molar-refractivity contribution < 1.29 is 9.47 Å². The van der Waals surface area contributed by atoms with Gasteiger partial charge in [0, 0.05) is 33.9 Å². The first-order chi connectivity index (χ1) is 11.6. The molecule has 0 bridgehead atoms. The van der Waals surface area contributed by atoms with Crippen LogP contribution < -0.4 is 0 Å². The average molecular weight is 345 g/mol. The van der Waals surface area contributed by atoms with Crippen molar-refractivity contribution in [3.8, 4) is 11.8 Å². The molecule has 148 valence electrons. The summed E-state index contributed by atoms with van der Waals surface area (Å²) in [7, 11) is 3.39. The molecule has 0 N–H and O–H groups in total. The Morgan fingerprint density at radius 1 is 0.833 bits per heavy atom. The Morgan fingerprint density at radius 2 is 1.33 bits per heavy atom. The number of ether oxygens (including phenoxy) is 2. The zero-order chi connectivity index (χ0) is 19.9. The van der Waals surface area contributed by atoms with Gasteiger partial charge in [-0.15, -0.1) is 11.8 Å². The number of rotatable bonds is 6. The van der Waals surface area contributed by atoms with E-state index in [2.05, 4.69) is 56.4 Å². The highest BCUT2D eigenvalue weighted by Gasteiger charge is 1.68. The van der Waals surface area contributed by atoms with Gasteiger partial charge in [0.05, 0.1) is 0 Å². The predicted molar refractivity (Wildman–Crippen MR) is 114 cm³/mol. The summed E-state index contributed by atoms with van der Waals surface area (Å²) in [5.41, 5.74) is 0. The van der Waals surface area contributed by atoms with E-state index in [4.69, 9.17) is 4.74 Å². The molecule has 0 heterocycles. The summed E-state index contributed by atoms with van der Waals surface area (Å²) in [5.74, 6) is 5.63. The summed E-state index contributed by atoms with van der Waals surface area (Å²) in [6, 6.07) is 0. The third kappa shape index (κ3) is 128. The second-order valence-corrected chi connectivity index (χ2v) is 4.68. The minimum atomic E-state index is 0.819. The lowest BCUT2D eigenvalue weighted by Crippen LogP contribution is -1.80. The monoisotopic (exact) mass is 344 g/mol. The van der Waals surface area contributed by atoms with Crippen LogP contribution in [0.5, 0.6) is 0 Å². The van der Waals surface area contributed by atoms with E-state index in [-0.39, 0.29) is 0 Å². The molecule has 0 saturated heterocycles. The normalized spacial score (nSPS) is 7.92. The van der Waals surface area contributed by atoms with Gasteiger partial charge in [-0.2, -0.15) is 0 Å². The van der Waals surface area contributed by atoms with E-state index < -0.39 is 0 Å². The van der Waals surface area contributed by atoms with Gasteiger partial charge >= 0.3 is 0 Å². The van der Waals surface area contributed by atoms with Gasteiger partial charge in [0.15, 0.2) is 0 Å². The van der Waals surface area contributed by atoms with Crippen LogP contribution in [0.3, 0.4) is 0 Å². The number of methoxy groups -OCH3 is 2. The molecule has 0 unspecified atom stereocenters. The standard InChI is InChI=1S/C5H12.C5H10.C5H8.C4H10O.C3H8O/c3*1-3-5-4-2;1-3-4-5-2;1-3-4-2/h3-5H2,1-2H3;3,5H,4H2,1-2H3;3H2,1-2H3;3-4H2,1-2H3;3H2,1-2H3. The lowest BCUT2D eigenvalue weighted by Gasteiger charge is -1.84. The molecule has 0 aromatic rings. The maximum absolute atomic E-state index is 4.69. The van der Waals surface area contributed by atoms with E-state index in [1.54, 1.807) is 14.2 Å². The van der Waals surface area contributed by atoms with Crippen LogP contribution in [-0.4, -0.2) is 27.4 Å². The molecule has 0 aliphatic carbocycles. The van der Waals surface area contributed by atoms with Gasteiger partial charge in [-0.1, -0.05) is 66.0 Å². The highest BCUT2D eigenvalue weighted by atomic mass is 16.5. The largest absolute Gasteiger partial charge is 0.385 e. The summed E-state index contributed by atoms with van der Waals surface area (Å²) in [6.07, 6.45) is 11.5. The summed E-state index contributed by atoms with van der Waals surface area (Å²) in [6.45, 7) is 18.2. The maximum Gasteiger partial charge on any atom is 0.0459 e. The van der Waals surface area contributed by atoms with Crippen LogP contribution in [0.15, 0.2) is 12.2 Å². The zero-order valence-corrected chi connectivity index (χ0v) is 18.6. The molecule has 0 spiro atoms. The van der Waals surface area contributed by atoms with Gasteiger partial charge in [0.1, 0.15) is 0 Å². The molecule has 0 aromatic carbocycles. The van der Waals surface area contributed by atoms with Crippen molar-refractivity contribution in [3.05, 3.63) is 12.2 Å². The Bertz CT molecular complexity index is 200. The quantitative estimate of drug-likeness (QED) is 0.372. The Kier molecular flexibility index (Phi) is 82.4. The third-order valence-electron chi connectivity index (χ3n) is 2.23. The van der Waals surface area contributed by atoms with Crippen molar-refractivity contribution in [3.63, 3.8) is 0 Å². The fourth-order valence-corrected chi connectivity index (χ4v) is 0.970. The Balaban J connectivity index is -0.0000000628. The SMILES string of the molecule is CC#CCC.CC=CCC.CCCCC.CCCOC.CCOC. The molecule has 0 aromatic heterocycles. The van der Waals surface area contributed by atoms with Gasteiger partial charge in [-0.25, -0.2) is 0 Å². The molecular weight excluding hydrogens is 296 g/mol. The molecule has 2 nitrogen and oxygen atoms in total. The lowest BCUT2D eigenvalue weighted by molar-refractivity contribution is 0.199. The summed E-state index contributed by atoms with van der Waals surface area (Å²) in [5, 5.41) is 0. The first-order valence-corrected chi connectivity index (χ1v) is 9.56. The fraction of sp³-hybridized carbons (Fsp3) is 0.818. The van der Waals surface area contributed by atoms with E-state index >= 15 is 0 Å². The van der Waals surface area contributed by atoms with Crippen molar-refractivity contribution in [1.82, 2.24) is 0 Å². The fourth-order valence-electron chi connectivity index (χ4n) is 0.970. The van der Waals surface area contributed by atoms with E-state index in [9.17, 15) is 0 Å². The first kappa shape index (κ1) is 34.5. The molecular formula is C22H48O2. The minimum Gasteiger partial charge on any atom is -0.385 e. The first-order valence-electron chi connectivity index (χ1n) is 9.56. The topological polar surface area (TPSA) is 18.5 Å². The Labute approximate surface area is 155 Å². The molecule has 24 heavy (non-hydrogen) atoms. The molecule has 0 saturated carbocycles.